The molecule has 2 heteroatoms. The van der Waals surface area contributed by atoms with Crippen LogP contribution in [0.15, 0.2) is 84.9 Å². The zero-order valence-corrected chi connectivity index (χ0v) is 13.0. The van der Waals surface area contributed by atoms with Gasteiger partial charge >= 0.3 is 0 Å². The van der Waals surface area contributed by atoms with Crippen LogP contribution in [0.2, 0.25) is 0 Å². The van der Waals surface area contributed by atoms with E-state index in [0.29, 0.717) is 0 Å². The Morgan fingerprint density at radius 3 is 2.09 bits per heavy atom. The first-order chi connectivity index (χ1) is 11.3. The average Bonchev–Trinajstić information content (AvgIpc) is 2.62. The molecule has 0 fully saturated rings. The number of nitrogens with zero attached hydrogens (tertiary/aromatic N) is 1. The Morgan fingerprint density at radius 2 is 1.35 bits per heavy atom. The van der Waals surface area contributed by atoms with Crippen LogP contribution in [0, 0.1) is 0 Å². The van der Waals surface area contributed by atoms with Gasteiger partial charge in [0, 0.05) is 17.4 Å². The number of para-hydroxylation sites is 2. The van der Waals surface area contributed by atoms with Crippen molar-refractivity contribution in [3.63, 3.8) is 0 Å². The lowest BCUT2D eigenvalue weighted by atomic mass is 9.87. The summed E-state index contributed by atoms with van der Waals surface area (Å²) in [7, 11) is 0. The van der Waals surface area contributed by atoms with Gasteiger partial charge in [0.15, 0.2) is 0 Å². The standard InChI is InChI=1S/C21H20N2/c22-19-15-17-11-7-8-14-20(17)23(18-12-5-2-6-13-18)21(19)16-9-3-1-4-10-16/h1-14,19,21H,15,22H2. The third-order valence-corrected chi connectivity index (χ3v) is 4.57. The molecule has 0 aromatic heterocycles. The first kappa shape index (κ1) is 14.0. The molecule has 3 aromatic carbocycles. The van der Waals surface area contributed by atoms with Crippen molar-refractivity contribution in [2.24, 2.45) is 5.73 Å². The summed E-state index contributed by atoms with van der Waals surface area (Å²) in [6.45, 7) is 0. The minimum absolute atomic E-state index is 0.0625. The molecule has 0 saturated heterocycles. The summed E-state index contributed by atoms with van der Waals surface area (Å²) >= 11 is 0. The van der Waals surface area contributed by atoms with Gasteiger partial charge in [-0.2, -0.15) is 0 Å². The van der Waals surface area contributed by atoms with Crippen LogP contribution in [0.5, 0.6) is 0 Å². The van der Waals surface area contributed by atoms with Crippen LogP contribution in [0.4, 0.5) is 11.4 Å². The summed E-state index contributed by atoms with van der Waals surface area (Å²) in [6, 6.07) is 29.9. The van der Waals surface area contributed by atoms with Gasteiger partial charge in [0.1, 0.15) is 0 Å². The molecule has 4 rings (SSSR count). The van der Waals surface area contributed by atoms with E-state index in [1.54, 1.807) is 0 Å². The molecule has 0 saturated carbocycles. The number of anilines is 2. The zero-order valence-electron chi connectivity index (χ0n) is 13.0. The highest BCUT2D eigenvalue weighted by atomic mass is 15.2. The van der Waals surface area contributed by atoms with Crippen LogP contribution in [-0.4, -0.2) is 6.04 Å². The van der Waals surface area contributed by atoms with Crippen molar-refractivity contribution in [3.8, 4) is 0 Å². The maximum Gasteiger partial charge on any atom is 0.0746 e. The van der Waals surface area contributed by atoms with E-state index in [4.69, 9.17) is 5.73 Å². The van der Waals surface area contributed by atoms with E-state index in [1.807, 2.05) is 0 Å². The fraction of sp³-hybridized carbons (Fsp3) is 0.143. The van der Waals surface area contributed by atoms with Gasteiger partial charge < -0.3 is 10.6 Å². The highest BCUT2D eigenvalue weighted by Gasteiger charge is 2.33. The molecule has 3 aromatic rings. The van der Waals surface area contributed by atoms with Crippen LogP contribution >= 0.6 is 0 Å². The van der Waals surface area contributed by atoms with Crippen LogP contribution in [-0.2, 0) is 6.42 Å². The second-order valence-electron chi connectivity index (χ2n) is 6.06. The van der Waals surface area contributed by atoms with Crippen LogP contribution < -0.4 is 10.6 Å². The van der Waals surface area contributed by atoms with E-state index in [9.17, 15) is 0 Å². The van der Waals surface area contributed by atoms with E-state index < -0.39 is 0 Å². The molecule has 0 aliphatic carbocycles. The molecule has 1 aliphatic rings. The van der Waals surface area contributed by atoms with E-state index in [0.717, 1.165) is 6.42 Å². The van der Waals surface area contributed by atoms with Gasteiger partial charge in [0.05, 0.1) is 6.04 Å². The SMILES string of the molecule is NC1Cc2ccccc2N(c2ccccc2)C1c1ccccc1. The first-order valence-electron chi connectivity index (χ1n) is 8.07. The normalized spacial score (nSPS) is 20.1. The van der Waals surface area contributed by atoms with Gasteiger partial charge in [-0.05, 0) is 35.7 Å². The molecular weight excluding hydrogens is 280 g/mol. The summed E-state index contributed by atoms with van der Waals surface area (Å²) in [4.78, 5) is 2.39. The Morgan fingerprint density at radius 1 is 0.739 bits per heavy atom. The number of benzene rings is 3. The monoisotopic (exact) mass is 300 g/mol. The second kappa shape index (κ2) is 5.90. The van der Waals surface area contributed by atoms with Crippen molar-refractivity contribution in [1.82, 2.24) is 0 Å². The van der Waals surface area contributed by atoms with Gasteiger partial charge in [-0.1, -0.05) is 66.7 Å². The highest BCUT2D eigenvalue weighted by Crippen LogP contribution is 2.42. The van der Waals surface area contributed by atoms with Gasteiger partial charge in [-0.25, -0.2) is 0 Å². The van der Waals surface area contributed by atoms with E-state index in [1.165, 1.54) is 22.5 Å². The lowest BCUT2D eigenvalue weighted by molar-refractivity contribution is 0.512. The molecule has 0 spiro atoms. The Balaban J connectivity index is 1.90. The Labute approximate surface area is 137 Å². The number of nitrogens with two attached hydrogens (primary N) is 1. The van der Waals surface area contributed by atoms with E-state index in [2.05, 4.69) is 89.8 Å². The quantitative estimate of drug-likeness (QED) is 0.757. The topological polar surface area (TPSA) is 29.3 Å². The lowest BCUT2D eigenvalue weighted by Gasteiger charge is -2.42. The average molecular weight is 300 g/mol. The third-order valence-electron chi connectivity index (χ3n) is 4.57. The molecule has 114 valence electrons. The number of fused-ring (bicyclic) bond motifs is 1. The second-order valence-corrected chi connectivity index (χ2v) is 6.06. The van der Waals surface area contributed by atoms with Crippen molar-refractivity contribution in [3.05, 3.63) is 96.1 Å². The van der Waals surface area contributed by atoms with Crippen LogP contribution in [0.3, 0.4) is 0 Å². The summed E-state index contributed by atoms with van der Waals surface area (Å²) in [5.41, 5.74) is 11.6. The Hall–Kier alpha value is -2.58. The maximum atomic E-state index is 6.61. The molecule has 0 bridgehead atoms. The van der Waals surface area contributed by atoms with Gasteiger partial charge in [-0.3, -0.25) is 0 Å². The summed E-state index contributed by atoms with van der Waals surface area (Å²) in [5.74, 6) is 0. The van der Waals surface area contributed by atoms with Gasteiger partial charge in [-0.15, -0.1) is 0 Å². The Bertz CT molecular complexity index is 783. The molecule has 0 amide bonds. The highest BCUT2D eigenvalue weighted by molar-refractivity contribution is 5.70. The zero-order chi connectivity index (χ0) is 15.6. The van der Waals surface area contributed by atoms with Crippen LogP contribution in [0.25, 0.3) is 0 Å². The van der Waals surface area contributed by atoms with Crippen molar-refractivity contribution in [2.45, 2.75) is 18.5 Å². The van der Waals surface area contributed by atoms with Crippen LogP contribution in [0.1, 0.15) is 17.2 Å². The van der Waals surface area contributed by atoms with Crippen molar-refractivity contribution >= 4 is 11.4 Å². The summed E-state index contributed by atoms with van der Waals surface area (Å²) in [5, 5.41) is 0. The fourth-order valence-electron chi connectivity index (χ4n) is 3.56. The van der Waals surface area contributed by atoms with Crippen molar-refractivity contribution in [2.75, 3.05) is 4.90 Å². The number of rotatable bonds is 2. The fourth-order valence-corrected chi connectivity index (χ4v) is 3.56. The molecular formula is C21H20N2. The number of hydrogen-bond donors (Lipinski definition) is 1. The van der Waals surface area contributed by atoms with Crippen molar-refractivity contribution < 1.29 is 0 Å². The minimum Gasteiger partial charge on any atom is -0.332 e. The molecule has 1 heterocycles. The minimum atomic E-state index is 0.0625. The molecule has 23 heavy (non-hydrogen) atoms. The third kappa shape index (κ3) is 2.51. The molecule has 2 unspecified atom stereocenters. The number of hydrogen-bond acceptors (Lipinski definition) is 2. The molecule has 2 atom stereocenters. The molecule has 0 radical (unpaired) electrons. The maximum absolute atomic E-state index is 6.61. The van der Waals surface area contributed by atoms with Crippen molar-refractivity contribution in [1.29, 1.82) is 0 Å². The molecule has 1 aliphatic heterocycles. The summed E-state index contributed by atoms with van der Waals surface area (Å²) in [6.07, 6.45) is 0.902. The summed E-state index contributed by atoms with van der Waals surface area (Å²) < 4.78 is 0. The molecule has 2 N–H and O–H groups in total. The predicted octanol–water partition coefficient (Wildman–Crippen LogP) is 4.45. The smallest absolute Gasteiger partial charge is 0.0746 e. The lowest BCUT2D eigenvalue weighted by Crippen LogP contribution is -2.44. The van der Waals surface area contributed by atoms with E-state index in [-0.39, 0.29) is 12.1 Å². The van der Waals surface area contributed by atoms with E-state index >= 15 is 0 Å². The van der Waals surface area contributed by atoms with Gasteiger partial charge in [0.2, 0.25) is 0 Å². The van der Waals surface area contributed by atoms with Gasteiger partial charge in [0.25, 0.3) is 0 Å². The first-order valence-corrected chi connectivity index (χ1v) is 8.07. The predicted molar refractivity (Wildman–Crippen MR) is 95.9 cm³/mol. The molecule has 2 nitrogen and oxygen atoms in total. The Kier molecular flexibility index (Phi) is 3.60. The largest absolute Gasteiger partial charge is 0.332 e.